The molecule has 2 saturated carbocycles. The van der Waals surface area contributed by atoms with Gasteiger partial charge in [-0.2, -0.15) is 0 Å². The van der Waals surface area contributed by atoms with Gasteiger partial charge >= 0.3 is 5.69 Å². The molecule has 0 saturated heterocycles. The van der Waals surface area contributed by atoms with E-state index in [-0.39, 0.29) is 5.82 Å². The van der Waals surface area contributed by atoms with Crippen molar-refractivity contribution in [2.75, 3.05) is 17.6 Å². The lowest BCUT2D eigenvalue weighted by Gasteiger charge is -2.17. The zero-order chi connectivity index (χ0) is 12.9. The fraction of sp³-hybridized carbons (Fsp3) is 0.667. The lowest BCUT2D eigenvalue weighted by Crippen LogP contribution is -2.33. The Labute approximate surface area is 104 Å². The molecule has 0 atom stereocenters. The van der Waals surface area contributed by atoms with Crippen LogP contribution in [0.5, 0.6) is 0 Å². The van der Waals surface area contributed by atoms with Crippen molar-refractivity contribution in [3.05, 3.63) is 20.8 Å². The SMILES string of the molecule is Cn1c(N)c(NCC2(C3CC3)CC2)c(=O)[nH]c1=O. The van der Waals surface area contributed by atoms with Crippen LogP contribution >= 0.6 is 0 Å². The largest absolute Gasteiger partial charge is 0.383 e. The Morgan fingerprint density at radius 2 is 2.11 bits per heavy atom. The van der Waals surface area contributed by atoms with E-state index in [9.17, 15) is 9.59 Å². The van der Waals surface area contributed by atoms with Gasteiger partial charge < -0.3 is 11.1 Å². The molecule has 0 amide bonds. The number of anilines is 2. The number of nitrogens with one attached hydrogen (secondary N) is 2. The monoisotopic (exact) mass is 250 g/mol. The van der Waals surface area contributed by atoms with Gasteiger partial charge in [-0.15, -0.1) is 0 Å². The van der Waals surface area contributed by atoms with Crippen LogP contribution in [0.1, 0.15) is 25.7 Å². The van der Waals surface area contributed by atoms with Gasteiger partial charge in [-0.05, 0) is 37.0 Å². The lowest BCUT2D eigenvalue weighted by molar-refractivity contribution is 0.466. The predicted octanol–water partition coefficient (Wildman–Crippen LogP) is 0.258. The number of aromatic nitrogens is 2. The third-order valence-electron chi connectivity index (χ3n) is 4.32. The van der Waals surface area contributed by atoms with Gasteiger partial charge in [0, 0.05) is 13.6 Å². The summed E-state index contributed by atoms with van der Waals surface area (Å²) >= 11 is 0. The molecule has 0 unspecified atom stereocenters. The molecule has 0 bridgehead atoms. The van der Waals surface area contributed by atoms with Gasteiger partial charge in [0.15, 0.2) is 0 Å². The van der Waals surface area contributed by atoms with Gasteiger partial charge in [-0.1, -0.05) is 0 Å². The van der Waals surface area contributed by atoms with Crippen LogP contribution in [0.25, 0.3) is 0 Å². The summed E-state index contributed by atoms with van der Waals surface area (Å²) in [6, 6.07) is 0. The van der Waals surface area contributed by atoms with Crippen molar-refractivity contribution in [1.82, 2.24) is 9.55 Å². The van der Waals surface area contributed by atoms with E-state index in [0.717, 1.165) is 12.5 Å². The molecular formula is C12H18N4O2. The summed E-state index contributed by atoms with van der Waals surface area (Å²) < 4.78 is 1.25. The van der Waals surface area contributed by atoms with E-state index < -0.39 is 11.2 Å². The van der Waals surface area contributed by atoms with Crippen LogP contribution in [0.2, 0.25) is 0 Å². The number of hydrogen-bond acceptors (Lipinski definition) is 4. The molecule has 18 heavy (non-hydrogen) atoms. The minimum Gasteiger partial charge on any atom is -0.383 e. The zero-order valence-corrected chi connectivity index (χ0v) is 10.5. The second kappa shape index (κ2) is 3.63. The van der Waals surface area contributed by atoms with Gasteiger partial charge in [0.05, 0.1) is 0 Å². The van der Waals surface area contributed by atoms with Crippen molar-refractivity contribution >= 4 is 11.5 Å². The van der Waals surface area contributed by atoms with Crippen molar-refractivity contribution in [2.45, 2.75) is 25.7 Å². The molecule has 1 aromatic heterocycles. The Kier molecular flexibility index (Phi) is 2.30. The molecular weight excluding hydrogens is 232 g/mol. The maximum Gasteiger partial charge on any atom is 0.329 e. The summed E-state index contributed by atoms with van der Waals surface area (Å²) in [5.41, 5.74) is 5.60. The average Bonchev–Trinajstić information content (AvgIpc) is 3.16. The van der Waals surface area contributed by atoms with Crippen molar-refractivity contribution in [3.8, 4) is 0 Å². The zero-order valence-electron chi connectivity index (χ0n) is 10.5. The first kappa shape index (κ1) is 11.4. The van der Waals surface area contributed by atoms with E-state index in [1.807, 2.05) is 0 Å². The minimum absolute atomic E-state index is 0.204. The summed E-state index contributed by atoms with van der Waals surface area (Å²) in [6.45, 7) is 0.781. The highest BCUT2D eigenvalue weighted by molar-refractivity contribution is 5.60. The molecule has 0 aliphatic heterocycles. The number of nitrogens with two attached hydrogens (primary N) is 1. The molecule has 98 valence electrons. The van der Waals surface area contributed by atoms with Crippen LogP contribution in [-0.4, -0.2) is 16.1 Å². The van der Waals surface area contributed by atoms with Crippen LogP contribution in [0.4, 0.5) is 11.5 Å². The Balaban J connectivity index is 1.83. The van der Waals surface area contributed by atoms with Crippen LogP contribution in [0.3, 0.4) is 0 Å². The van der Waals surface area contributed by atoms with Gasteiger partial charge in [-0.3, -0.25) is 14.3 Å². The molecule has 1 heterocycles. The number of nitrogens with zero attached hydrogens (tertiary/aromatic N) is 1. The first-order valence-electron chi connectivity index (χ1n) is 6.36. The smallest absolute Gasteiger partial charge is 0.329 e. The fourth-order valence-electron chi connectivity index (χ4n) is 2.66. The van der Waals surface area contributed by atoms with Gasteiger partial charge in [-0.25, -0.2) is 4.79 Å². The highest BCUT2D eigenvalue weighted by atomic mass is 16.2. The lowest BCUT2D eigenvalue weighted by atomic mass is 10.0. The van der Waals surface area contributed by atoms with Crippen molar-refractivity contribution in [1.29, 1.82) is 0 Å². The topological polar surface area (TPSA) is 92.9 Å². The summed E-state index contributed by atoms with van der Waals surface area (Å²) in [5.74, 6) is 1.02. The van der Waals surface area contributed by atoms with Gasteiger partial charge in [0.1, 0.15) is 11.5 Å². The average molecular weight is 250 g/mol. The third kappa shape index (κ3) is 1.72. The summed E-state index contributed by atoms with van der Waals surface area (Å²) in [5, 5.41) is 3.14. The summed E-state index contributed by atoms with van der Waals surface area (Å²) in [6.07, 6.45) is 5.07. The maximum atomic E-state index is 11.7. The second-order valence-corrected chi connectivity index (χ2v) is 5.57. The molecule has 0 aromatic carbocycles. The summed E-state index contributed by atoms with van der Waals surface area (Å²) in [7, 11) is 1.55. The molecule has 1 aromatic rings. The Morgan fingerprint density at radius 3 is 2.67 bits per heavy atom. The first-order valence-corrected chi connectivity index (χ1v) is 6.36. The molecule has 2 aliphatic rings. The highest BCUT2D eigenvalue weighted by Gasteiger charge is 2.53. The van der Waals surface area contributed by atoms with E-state index >= 15 is 0 Å². The van der Waals surface area contributed by atoms with Crippen LogP contribution in [-0.2, 0) is 7.05 Å². The van der Waals surface area contributed by atoms with Crippen molar-refractivity contribution in [2.24, 2.45) is 18.4 Å². The normalized spacial score (nSPS) is 20.7. The molecule has 0 radical (unpaired) electrons. The molecule has 2 fully saturated rings. The van der Waals surface area contributed by atoms with Gasteiger partial charge in [0.25, 0.3) is 5.56 Å². The molecule has 3 rings (SSSR count). The van der Waals surface area contributed by atoms with E-state index in [2.05, 4.69) is 10.3 Å². The Hall–Kier alpha value is -1.72. The van der Waals surface area contributed by atoms with E-state index in [4.69, 9.17) is 5.73 Å². The number of hydrogen-bond donors (Lipinski definition) is 3. The van der Waals surface area contributed by atoms with E-state index in [1.165, 1.54) is 30.3 Å². The predicted molar refractivity (Wildman–Crippen MR) is 69.6 cm³/mol. The highest BCUT2D eigenvalue weighted by Crippen LogP contribution is 2.61. The van der Waals surface area contributed by atoms with Gasteiger partial charge in [0.2, 0.25) is 0 Å². The number of rotatable bonds is 4. The van der Waals surface area contributed by atoms with E-state index in [1.54, 1.807) is 7.05 Å². The second-order valence-electron chi connectivity index (χ2n) is 5.57. The standard InChI is InChI=1S/C12H18N4O2/c1-16-9(13)8(10(17)15-11(16)18)14-6-12(4-5-12)7-2-3-7/h7,14H,2-6,13H2,1H3,(H,15,17,18). The third-order valence-corrected chi connectivity index (χ3v) is 4.32. The van der Waals surface area contributed by atoms with Crippen molar-refractivity contribution < 1.29 is 0 Å². The number of nitrogen functional groups attached to an aromatic ring is 1. The maximum absolute atomic E-state index is 11.7. The minimum atomic E-state index is -0.480. The molecule has 6 nitrogen and oxygen atoms in total. The fourth-order valence-corrected chi connectivity index (χ4v) is 2.66. The van der Waals surface area contributed by atoms with Crippen LogP contribution < -0.4 is 22.3 Å². The molecule has 6 heteroatoms. The van der Waals surface area contributed by atoms with Crippen molar-refractivity contribution in [3.63, 3.8) is 0 Å². The molecule has 4 N–H and O–H groups in total. The first-order chi connectivity index (χ1) is 8.53. The Morgan fingerprint density at radius 1 is 1.44 bits per heavy atom. The molecule has 2 aliphatic carbocycles. The van der Waals surface area contributed by atoms with Crippen LogP contribution in [0, 0.1) is 11.3 Å². The van der Waals surface area contributed by atoms with Crippen LogP contribution in [0.15, 0.2) is 9.59 Å². The number of aromatic amines is 1. The summed E-state index contributed by atoms with van der Waals surface area (Å²) in [4.78, 5) is 25.3. The number of H-pyrrole nitrogens is 1. The molecule has 0 spiro atoms. The quantitative estimate of drug-likeness (QED) is 0.714. The van der Waals surface area contributed by atoms with E-state index in [0.29, 0.717) is 11.1 Å². The Bertz CT molecular complexity index is 593.